The number of rotatable bonds is 4. The Labute approximate surface area is 88.8 Å². The van der Waals surface area contributed by atoms with Crippen LogP contribution in [0.25, 0.3) is 0 Å². The van der Waals surface area contributed by atoms with E-state index in [1.165, 1.54) is 19.4 Å². The minimum Gasteiger partial charge on any atom is -1.00 e. The van der Waals surface area contributed by atoms with E-state index < -0.39 is 0 Å². The molecule has 0 saturated carbocycles. The summed E-state index contributed by atoms with van der Waals surface area (Å²) in [6.45, 7) is 5.88. The number of halogens is 1. The fourth-order valence-corrected chi connectivity index (χ4v) is 1.32. The molecule has 0 aliphatic rings. The molecule has 0 amide bonds. The molecule has 0 aromatic carbocycles. The van der Waals surface area contributed by atoms with Crippen LogP contribution in [0.15, 0.2) is 0 Å². The minimum atomic E-state index is 0. The topological polar surface area (TPSA) is 0 Å². The Bertz CT molecular complexity index is 82.1. The fourth-order valence-electron chi connectivity index (χ4n) is 1.32. The van der Waals surface area contributed by atoms with Crippen LogP contribution in [0.5, 0.6) is 0 Å². The Morgan fingerprint density at radius 2 is 1.36 bits per heavy atom. The average molecular weight is 271 g/mol. The normalized spacial score (nSPS) is 11.5. The molecule has 0 heterocycles. The van der Waals surface area contributed by atoms with E-state index in [4.69, 9.17) is 0 Å². The van der Waals surface area contributed by atoms with E-state index in [2.05, 4.69) is 35.0 Å². The molecule has 0 fully saturated rings. The number of hydrogen-bond donors (Lipinski definition) is 0. The molecule has 0 aromatic rings. The number of nitrogens with zero attached hydrogens (tertiary/aromatic N) is 1. The van der Waals surface area contributed by atoms with Crippen molar-refractivity contribution >= 4 is 0 Å². The van der Waals surface area contributed by atoms with Crippen molar-refractivity contribution in [3.8, 4) is 0 Å². The maximum Gasteiger partial charge on any atom is 0.0808 e. The van der Waals surface area contributed by atoms with Crippen LogP contribution in [0.1, 0.15) is 26.7 Å². The summed E-state index contributed by atoms with van der Waals surface area (Å²) in [5, 5.41) is 0. The molecule has 0 aliphatic heterocycles. The molecule has 0 saturated heterocycles. The Balaban J connectivity index is 0. The Morgan fingerprint density at radius 3 is 1.45 bits per heavy atom. The zero-order valence-corrected chi connectivity index (χ0v) is 10.7. The molecular formula is C9H22IN. The van der Waals surface area contributed by atoms with Gasteiger partial charge in [-0.3, -0.25) is 0 Å². The SMILES string of the molecule is CCC(CC)C[N+](C)(C)C.[I-]. The molecule has 0 rings (SSSR count). The molecule has 0 aromatic heterocycles. The molecule has 11 heavy (non-hydrogen) atoms. The second-order valence-corrected chi connectivity index (χ2v) is 4.16. The molecule has 70 valence electrons. The maximum absolute atomic E-state index is 2.28. The van der Waals surface area contributed by atoms with Gasteiger partial charge in [-0.2, -0.15) is 0 Å². The van der Waals surface area contributed by atoms with Crippen molar-refractivity contribution in [3.05, 3.63) is 0 Å². The first-order valence-electron chi connectivity index (χ1n) is 4.30. The molecule has 0 spiro atoms. The Kier molecular flexibility index (Phi) is 8.06. The van der Waals surface area contributed by atoms with E-state index in [0.29, 0.717) is 0 Å². The minimum absolute atomic E-state index is 0. The molecule has 0 N–H and O–H groups in total. The van der Waals surface area contributed by atoms with Gasteiger partial charge in [0.15, 0.2) is 0 Å². The van der Waals surface area contributed by atoms with Crippen molar-refractivity contribution in [1.82, 2.24) is 0 Å². The summed E-state index contributed by atoms with van der Waals surface area (Å²) in [4.78, 5) is 0. The summed E-state index contributed by atoms with van der Waals surface area (Å²) in [5.74, 6) is 0.917. The highest BCUT2D eigenvalue weighted by molar-refractivity contribution is 4.51. The van der Waals surface area contributed by atoms with Gasteiger partial charge in [-0.25, -0.2) is 0 Å². The summed E-state index contributed by atoms with van der Waals surface area (Å²) in [6, 6.07) is 0. The first-order valence-corrected chi connectivity index (χ1v) is 4.30. The summed E-state index contributed by atoms with van der Waals surface area (Å²) < 4.78 is 1.10. The van der Waals surface area contributed by atoms with Crippen molar-refractivity contribution in [3.63, 3.8) is 0 Å². The lowest BCUT2D eigenvalue weighted by Crippen LogP contribution is -3.00. The molecule has 0 bridgehead atoms. The predicted molar refractivity (Wildman–Crippen MR) is 47.0 cm³/mol. The third-order valence-electron chi connectivity index (χ3n) is 1.96. The Morgan fingerprint density at radius 1 is 1.00 bits per heavy atom. The van der Waals surface area contributed by atoms with Crippen LogP contribution in [0.3, 0.4) is 0 Å². The van der Waals surface area contributed by atoms with Gasteiger partial charge >= 0.3 is 0 Å². The molecule has 0 atom stereocenters. The van der Waals surface area contributed by atoms with E-state index in [1.54, 1.807) is 0 Å². The highest BCUT2D eigenvalue weighted by Gasteiger charge is 2.13. The maximum atomic E-state index is 2.28. The van der Waals surface area contributed by atoms with E-state index in [-0.39, 0.29) is 24.0 Å². The Hall–Kier alpha value is 0.690. The van der Waals surface area contributed by atoms with Crippen LogP contribution in [0.2, 0.25) is 0 Å². The lowest BCUT2D eigenvalue weighted by atomic mass is 10.0. The largest absolute Gasteiger partial charge is 1.00 e. The zero-order chi connectivity index (χ0) is 8.20. The van der Waals surface area contributed by atoms with Gasteiger partial charge in [0.05, 0.1) is 27.7 Å². The van der Waals surface area contributed by atoms with E-state index in [0.717, 1.165) is 10.4 Å². The lowest BCUT2D eigenvalue weighted by molar-refractivity contribution is -0.873. The number of hydrogen-bond acceptors (Lipinski definition) is 0. The van der Waals surface area contributed by atoms with Gasteiger partial charge in [-0.15, -0.1) is 0 Å². The van der Waals surface area contributed by atoms with Crippen LogP contribution in [0.4, 0.5) is 0 Å². The number of quaternary nitrogens is 1. The van der Waals surface area contributed by atoms with Crippen molar-refractivity contribution in [1.29, 1.82) is 0 Å². The molecule has 2 heteroatoms. The van der Waals surface area contributed by atoms with Gasteiger partial charge in [0.25, 0.3) is 0 Å². The first kappa shape index (κ1) is 14.2. The lowest BCUT2D eigenvalue weighted by Gasteiger charge is -2.28. The van der Waals surface area contributed by atoms with Gasteiger partial charge in [-0.05, 0) is 12.8 Å². The van der Waals surface area contributed by atoms with Crippen LogP contribution in [-0.4, -0.2) is 32.2 Å². The first-order chi connectivity index (χ1) is 4.49. The van der Waals surface area contributed by atoms with Gasteiger partial charge in [0.2, 0.25) is 0 Å². The van der Waals surface area contributed by atoms with Gasteiger partial charge in [-0.1, -0.05) is 13.8 Å². The van der Waals surface area contributed by atoms with E-state index in [1.807, 2.05) is 0 Å². The fraction of sp³-hybridized carbons (Fsp3) is 1.00. The highest BCUT2D eigenvalue weighted by Crippen LogP contribution is 2.10. The van der Waals surface area contributed by atoms with Crippen LogP contribution in [-0.2, 0) is 0 Å². The van der Waals surface area contributed by atoms with E-state index >= 15 is 0 Å². The summed E-state index contributed by atoms with van der Waals surface area (Å²) in [6.07, 6.45) is 2.65. The molecule has 0 radical (unpaired) electrons. The van der Waals surface area contributed by atoms with Crippen LogP contribution in [0, 0.1) is 5.92 Å². The van der Waals surface area contributed by atoms with Crippen molar-refractivity contribution in [2.24, 2.45) is 5.92 Å². The van der Waals surface area contributed by atoms with Gasteiger partial charge in [0, 0.05) is 5.92 Å². The summed E-state index contributed by atoms with van der Waals surface area (Å²) in [5.41, 5.74) is 0. The molecule has 0 aliphatic carbocycles. The molecule has 0 unspecified atom stereocenters. The van der Waals surface area contributed by atoms with Crippen LogP contribution >= 0.6 is 0 Å². The standard InChI is InChI=1S/C9H22N.HI/c1-6-9(7-2)8-10(3,4)5;/h9H,6-8H2,1-5H3;1H/q+1;/p-1. The van der Waals surface area contributed by atoms with Gasteiger partial charge < -0.3 is 28.5 Å². The second-order valence-electron chi connectivity index (χ2n) is 4.16. The summed E-state index contributed by atoms with van der Waals surface area (Å²) in [7, 11) is 6.79. The average Bonchev–Trinajstić information content (AvgIpc) is 1.81. The highest BCUT2D eigenvalue weighted by atomic mass is 127. The second kappa shape index (κ2) is 6.23. The smallest absolute Gasteiger partial charge is 0.0808 e. The van der Waals surface area contributed by atoms with Crippen molar-refractivity contribution in [2.45, 2.75) is 26.7 Å². The van der Waals surface area contributed by atoms with Crippen molar-refractivity contribution in [2.75, 3.05) is 27.7 Å². The van der Waals surface area contributed by atoms with Crippen LogP contribution < -0.4 is 24.0 Å². The summed E-state index contributed by atoms with van der Waals surface area (Å²) >= 11 is 0. The monoisotopic (exact) mass is 271 g/mol. The predicted octanol–water partition coefficient (Wildman–Crippen LogP) is -0.867. The van der Waals surface area contributed by atoms with Crippen molar-refractivity contribution < 1.29 is 28.5 Å². The van der Waals surface area contributed by atoms with E-state index in [9.17, 15) is 0 Å². The molecular weight excluding hydrogens is 249 g/mol. The molecule has 1 nitrogen and oxygen atoms in total. The quantitative estimate of drug-likeness (QED) is 0.461. The third kappa shape index (κ3) is 8.60. The third-order valence-corrected chi connectivity index (χ3v) is 1.96. The zero-order valence-electron chi connectivity index (χ0n) is 8.52. The van der Waals surface area contributed by atoms with Gasteiger partial charge in [0.1, 0.15) is 0 Å².